The Bertz CT molecular complexity index is 869. The maximum atomic E-state index is 13.0. The summed E-state index contributed by atoms with van der Waals surface area (Å²) in [6.07, 6.45) is -0.0573. The number of nitrogens with one attached hydrogen (secondary N) is 3. The SMILES string of the molecule is CCC(C)C(NC(=O)C(N)CS)C(=O)NC(CC(N)=O)C(=O)NC(Cc1ccccc1)C(=O)O. The molecule has 1 aromatic rings. The molecule has 0 heterocycles. The average molecular weight is 496 g/mol. The van der Waals surface area contributed by atoms with Gasteiger partial charge in [0.15, 0.2) is 0 Å². The molecular formula is C22H33N5O6S. The van der Waals surface area contributed by atoms with Crippen molar-refractivity contribution >= 4 is 42.2 Å². The van der Waals surface area contributed by atoms with Crippen LogP contribution in [0, 0.1) is 5.92 Å². The summed E-state index contributed by atoms with van der Waals surface area (Å²) in [6, 6.07) is 3.91. The van der Waals surface area contributed by atoms with Crippen molar-refractivity contribution in [2.24, 2.45) is 17.4 Å². The molecule has 8 N–H and O–H groups in total. The average Bonchev–Trinajstić information content (AvgIpc) is 2.80. The van der Waals surface area contributed by atoms with Crippen LogP contribution in [0.3, 0.4) is 0 Å². The Balaban J connectivity index is 3.03. The smallest absolute Gasteiger partial charge is 0.326 e. The van der Waals surface area contributed by atoms with Gasteiger partial charge in [-0.05, 0) is 11.5 Å². The third-order valence-corrected chi connectivity index (χ3v) is 5.66. The Morgan fingerprint density at radius 3 is 2.06 bits per heavy atom. The lowest BCUT2D eigenvalue weighted by atomic mass is 9.97. The molecule has 0 spiro atoms. The first kappa shape index (κ1) is 28.9. The van der Waals surface area contributed by atoms with E-state index in [0.717, 1.165) is 0 Å². The van der Waals surface area contributed by atoms with Crippen molar-refractivity contribution in [3.8, 4) is 0 Å². The first-order chi connectivity index (χ1) is 16.0. The third kappa shape index (κ3) is 9.40. The van der Waals surface area contributed by atoms with Crippen molar-refractivity contribution in [3.63, 3.8) is 0 Å². The standard InChI is InChI=1S/C22H33N5O6S/c1-3-12(2)18(27-19(29)14(23)11-34)21(31)25-15(10-17(24)28)20(30)26-16(22(32)33)9-13-7-5-4-6-8-13/h4-8,12,14-16,18,34H,3,9-11,23H2,1-2H3,(H2,24,28)(H,25,31)(H,26,30)(H,27,29)(H,32,33). The molecule has 5 atom stereocenters. The fraction of sp³-hybridized carbons (Fsp3) is 0.500. The van der Waals surface area contributed by atoms with Gasteiger partial charge in [-0.25, -0.2) is 4.79 Å². The van der Waals surface area contributed by atoms with Crippen LogP contribution in [0.5, 0.6) is 0 Å². The predicted octanol–water partition coefficient (Wildman–Crippen LogP) is -1.05. The fourth-order valence-corrected chi connectivity index (χ4v) is 3.21. The summed E-state index contributed by atoms with van der Waals surface area (Å²) >= 11 is 3.97. The molecule has 11 nitrogen and oxygen atoms in total. The van der Waals surface area contributed by atoms with E-state index in [2.05, 4.69) is 28.6 Å². The van der Waals surface area contributed by atoms with Crippen LogP contribution in [0.25, 0.3) is 0 Å². The monoisotopic (exact) mass is 495 g/mol. The molecule has 188 valence electrons. The minimum atomic E-state index is -1.44. The van der Waals surface area contributed by atoms with Crippen LogP contribution in [0.1, 0.15) is 32.3 Å². The van der Waals surface area contributed by atoms with E-state index in [4.69, 9.17) is 11.5 Å². The van der Waals surface area contributed by atoms with E-state index in [-0.39, 0.29) is 18.1 Å². The normalized spacial score (nSPS) is 15.2. The maximum absolute atomic E-state index is 13.0. The second-order valence-electron chi connectivity index (χ2n) is 7.98. The highest BCUT2D eigenvalue weighted by Gasteiger charge is 2.33. The number of carboxylic acids is 1. The molecule has 0 aromatic heterocycles. The Morgan fingerprint density at radius 1 is 0.971 bits per heavy atom. The molecule has 1 aromatic carbocycles. The molecule has 5 unspecified atom stereocenters. The van der Waals surface area contributed by atoms with Gasteiger partial charge in [0.1, 0.15) is 18.1 Å². The molecule has 0 aliphatic heterocycles. The van der Waals surface area contributed by atoms with Crippen molar-refractivity contribution in [2.45, 2.75) is 57.3 Å². The summed E-state index contributed by atoms with van der Waals surface area (Å²) in [5.41, 5.74) is 11.6. The highest BCUT2D eigenvalue weighted by molar-refractivity contribution is 7.80. The van der Waals surface area contributed by atoms with Gasteiger partial charge in [0.05, 0.1) is 12.5 Å². The van der Waals surface area contributed by atoms with E-state index in [1.54, 1.807) is 37.3 Å². The Morgan fingerprint density at radius 2 is 1.56 bits per heavy atom. The lowest BCUT2D eigenvalue weighted by Crippen LogP contribution is -2.59. The topological polar surface area (TPSA) is 194 Å². The van der Waals surface area contributed by atoms with Crippen LogP contribution < -0.4 is 27.4 Å². The lowest BCUT2D eigenvalue weighted by molar-refractivity contribution is -0.142. The summed E-state index contributed by atoms with van der Waals surface area (Å²) in [4.78, 5) is 61.3. The van der Waals surface area contributed by atoms with Crippen LogP contribution in [-0.2, 0) is 30.4 Å². The van der Waals surface area contributed by atoms with E-state index < -0.39 is 60.2 Å². The molecule has 4 amide bonds. The number of hydrogen-bond donors (Lipinski definition) is 7. The molecule has 34 heavy (non-hydrogen) atoms. The first-order valence-corrected chi connectivity index (χ1v) is 11.5. The van der Waals surface area contributed by atoms with Crippen molar-refractivity contribution in [1.82, 2.24) is 16.0 Å². The summed E-state index contributed by atoms with van der Waals surface area (Å²) in [5, 5.41) is 16.8. The van der Waals surface area contributed by atoms with Crippen molar-refractivity contribution < 1.29 is 29.1 Å². The molecule has 0 fully saturated rings. The Labute approximate surface area is 203 Å². The van der Waals surface area contributed by atoms with E-state index in [1.165, 1.54) is 0 Å². The zero-order valence-corrected chi connectivity index (χ0v) is 20.1. The molecule has 0 aliphatic rings. The number of aliphatic carboxylic acids is 1. The number of carbonyl (C=O) groups excluding carboxylic acids is 4. The van der Waals surface area contributed by atoms with Gasteiger partial charge in [-0.3, -0.25) is 19.2 Å². The van der Waals surface area contributed by atoms with Gasteiger partial charge in [-0.1, -0.05) is 50.6 Å². The molecular weight excluding hydrogens is 462 g/mol. The van der Waals surface area contributed by atoms with Crippen molar-refractivity contribution in [1.29, 1.82) is 0 Å². The number of rotatable bonds is 14. The first-order valence-electron chi connectivity index (χ1n) is 10.8. The second kappa shape index (κ2) is 14.2. The highest BCUT2D eigenvalue weighted by Crippen LogP contribution is 2.10. The quantitative estimate of drug-likeness (QED) is 0.160. The van der Waals surface area contributed by atoms with E-state index in [1.807, 2.05) is 6.92 Å². The Hall–Kier alpha value is -3.12. The van der Waals surface area contributed by atoms with Crippen molar-refractivity contribution in [2.75, 3.05) is 5.75 Å². The predicted molar refractivity (Wildman–Crippen MR) is 129 cm³/mol. The number of thiol groups is 1. The van der Waals surface area contributed by atoms with Crippen LogP contribution >= 0.6 is 12.6 Å². The third-order valence-electron chi connectivity index (χ3n) is 5.26. The maximum Gasteiger partial charge on any atom is 0.326 e. The Kier molecular flexibility index (Phi) is 12.1. The van der Waals surface area contributed by atoms with Crippen LogP contribution in [-0.4, -0.2) is 64.6 Å². The lowest BCUT2D eigenvalue weighted by Gasteiger charge is -2.27. The highest BCUT2D eigenvalue weighted by atomic mass is 32.1. The summed E-state index contributed by atoms with van der Waals surface area (Å²) in [6.45, 7) is 3.53. The summed E-state index contributed by atoms with van der Waals surface area (Å²) in [7, 11) is 0. The van der Waals surface area contributed by atoms with Gasteiger partial charge in [0, 0.05) is 12.2 Å². The van der Waals surface area contributed by atoms with Gasteiger partial charge in [0.2, 0.25) is 23.6 Å². The van der Waals surface area contributed by atoms with Gasteiger partial charge in [-0.2, -0.15) is 12.6 Å². The minimum Gasteiger partial charge on any atom is -0.480 e. The van der Waals surface area contributed by atoms with E-state index >= 15 is 0 Å². The number of carboxylic acid groups (broad SMARTS) is 1. The molecule has 0 radical (unpaired) electrons. The molecule has 12 heteroatoms. The van der Waals surface area contributed by atoms with Gasteiger partial charge < -0.3 is 32.5 Å². The van der Waals surface area contributed by atoms with Crippen molar-refractivity contribution in [3.05, 3.63) is 35.9 Å². The minimum absolute atomic E-state index is 0.00762. The summed E-state index contributed by atoms with van der Waals surface area (Å²) < 4.78 is 0. The number of carbonyl (C=O) groups is 5. The molecule has 1 rings (SSSR count). The van der Waals surface area contributed by atoms with Crippen LogP contribution in [0.15, 0.2) is 30.3 Å². The van der Waals surface area contributed by atoms with Crippen LogP contribution in [0.2, 0.25) is 0 Å². The van der Waals surface area contributed by atoms with Gasteiger partial charge in [-0.15, -0.1) is 0 Å². The molecule has 0 saturated carbocycles. The van der Waals surface area contributed by atoms with E-state index in [9.17, 15) is 29.1 Å². The number of nitrogens with two attached hydrogens (primary N) is 2. The van der Waals surface area contributed by atoms with Crippen LogP contribution in [0.4, 0.5) is 0 Å². The molecule has 0 saturated heterocycles. The van der Waals surface area contributed by atoms with Gasteiger partial charge >= 0.3 is 5.97 Å². The molecule has 0 aliphatic carbocycles. The summed E-state index contributed by atoms with van der Waals surface area (Å²) in [5.74, 6) is -4.66. The number of benzene rings is 1. The number of primary amides is 1. The van der Waals surface area contributed by atoms with E-state index in [0.29, 0.717) is 12.0 Å². The zero-order valence-electron chi connectivity index (χ0n) is 19.2. The molecule has 0 bridgehead atoms. The van der Waals surface area contributed by atoms with Gasteiger partial charge in [0.25, 0.3) is 0 Å². The number of hydrogen-bond acceptors (Lipinski definition) is 7. The number of amides is 4. The largest absolute Gasteiger partial charge is 0.480 e. The fourth-order valence-electron chi connectivity index (χ4n) is 3.04. The zero-order chi connectivity index (χ0) is 25.8. The second-order valence-corrected chi connectivity index (χ2v) is 8.35.